The highest BCUT2D eigenvalue weighted by molar-refractivity contribution is 5.91. The first-order valence-electron chi connectivity index (χ1n) is 10.9. The largest absolute Gasteiger partial charge is 0.494 e. The zero-order valence-electron chi connectivity index (χ0n) is 18.9. The summed E-state index contributed by atoms with van der Waals surface area (Å²) < 4.78 is 21.7. The molecule has 0 spiro atoms. The summed E-state index contributed by atoms with van der Waals surface area (Å²) in [6, 6.07) is 21.8. The molecule has 3 aromatic rings. The monoisotopic (exact) mass is 460 g/mol. The summed E-state index contributed by atoms with van der Waals surface area (Å²) in [5.74, 6) is 1.42. The molecule has 176 valence electrons. The van der Waals surface area contributed by atoms with Crippen molar-refractivity contribution in [1.29, 1.82) is 0 Å². The predicted octanol–water partition coefficient (Wildman–Crippen LogP) is 5.43. The quantitative estimate of drug-likeness (QED) is 0.121. The molecule has 34 heavy (non-hydrogen) atoms. The average molecular weight is 461 g/mol. The SMILES string of the molecule is C=CCOc1ccc(-c2ccc(OC(=O)c3ccc(OCCCOC(O)C=C)cc3)cc2)cc1. The molecule has 0 radical (unpaired) electrons. The maximum atomic E-state index is 12.5. The summed E-state index contributed by atoms with van der Waals surface area (Å²) in [6.45, 7) is 8.31. The zero-order valence-corrected chi connectivity index (χ0v) is 18.9. The first-order chi connectivity index (χ1) is 16.6. The fraction of sp³-hybridized carbons (Fsp3) is 0.179. The third-order valence-electron chi connectivity index (χ3n) is 4.76. The number of hydrogen-bond acceptors (Lipinski definition) is 6. The number of esters is 1. The van der Waals surface area contributed by atoms with Crippen LogP contribution in [0.1, 0.15) is 16.8 Å². The summed E-state index contributed by atoms with van der Waals surface area (Å²) in [5, 5.41) is 9.23. The Morgan fingerprint density at radius 2 is 1.35 bits per heavy atom. The van der Waals surface area contributed by atoms with E-state index in [4.69, 9.17) is 18.9 Å². The van der Waals surface area contributed by atoms with Gasteiger partial charge in [0.1, 0.15) is 23.9 Å². The van der Waals surface area contributed by atoms with E-state index in [1.807, 2.05) is 36.4 Å². The van der Waals surface area contributed by atoms with Gasteiger partial charge in [0.25, 0.3) is 0 Å². The van der Waals surface area contributed by atoms with Crippen LogP contribution in [0, 0.1) is 0 Å². The summed E-state index contributed by atoms with van der Waals surface area (Å²) in [6.07, 6.45) is 2.66. The fourth-order valence-electron chi connectivity index (χ4n) is 2.99. The van der Waals surface area contributed by atoms with Crippen LogP contribution in [-0.4, -0.2) is 37.2 Å². The van der Waals surface area contributed by atoms with Gasteiger partial charge >= 0.3 is 5.97 Å². The van der Waals surface area contributed by atoms with Gasteiger partial charge < -0.3 is 24.1 Å². The van der Waals surface area contributed by atoms with Crippen LogP contribution < -0.4 is 14.2 Å². The van der Waals surface area contributed by atoms with Crippen LogP contribution >= 0.6 is 0 Å². The number of benzene rings is 3. The second-order valence-corrected chi connectivity index (χ2v) is 7.26. The van der Waals surface area contributed by atoms with Gasteiger partial charge in [-0.15, -0.1) is 0 Å². The molecule has 0 saturated carbocycles. The van der Waals surface area contributed by atoms with Gasteiger partial charge in [0.2, 0.25) is 0 Å². The van der Waals surface area contributed by atoms with Crippen LogP contribution in [0.3, 0.4) is 0 Å². The second-order valence-electron chi connectivity index (χ2n) is 7.26. The van der Waals surface area contributed by atoms with Crippen molar-refractivity contribution >= 4 is 5.97 Å². The Kier molecular flexibility index (Phi) is 9.46. The highest BCUT2D eigenvalue weighted by atomic mass is 16.6. The lowest BCUT2D eigenvalue weighted by Gasteiger charge is -2.09. The second kappa shape index (κ2) is 13.0. The van der Waals surface area contributed by atoms with Crippen molar-refractivity contribution in [3.05, 3.63) is 104 Å². The van der Waals surface area contributed by atoms with Crippen molar-refractivity contribution in [1.82, 2.24) is 0 Å². The van der Waals surface area contributed by atoms with E-state index in [2.05, 4.69) is 13.2 Å². The molecular formula is C28H28O6. The molecule has 1 unspecified atom stereocenters. The number of carbonyl (C=O) groups is 1. The maximum Gasteiger partial charge on any atom is 0.343 e. The minimum absolute atomic E-state index is 0.353. The van der Waals surface area contributed by atoms with E-state index >= 15 is 0 Å². The molecule has 0 aliphatic carbocycles. The lowest BCUT2D eigenvalue weighted by Crippen LogP contribution is -2.11. The highest BCUT2D eigenvalue weighted by Crippen LogP contribution is 2.25. The van der Waals surface area contributed by atoms with Crippen LogP contribution in [0.5, 0.6) is 17.2 Å². The van der Waals surface area contributed by atoms with Gasteiger partial charge in [0, 0.05) is 6.42 Å². The Morgan fingerprint density at radius 1 is 0.794 bits per heavy atom. The molecule has 0 aromatic heterocycles. The van der Waals surface area contributed by atoms with Gasteiger partial charge in [-0.3, -0.25) is 0 Å². The third kappa shape index (κ3) is 7.62. The number of rotatable bonds is 13. The topological polar surface area (TPSA) is 74.2 Å². The average Bonchev–Trinajstić information content (AvgIpc) is 2.88. The standard InChI is InChI=1S/C28H28O6/c1-3-18-31-24-12-6-21(7-13-24)22-8-16-26(17-9-22)34-28(30)23-10-14-25(15-11-23)32-19-5-20-33-27(29)4-2/h3-4,6-17,27,29H,1-2,5,18-20H2. The molecule has 3 aromatic carbocycles. The third-order valence-corrected chi connectivity index (χ3v) is 4.76. The van der Waals surface area contributed by atoms with E-state index < -0.39 is 12.3 Å². The Bertz CT molecular complexity index is 1060. The van der Waals surface area contributed by atoms with E-state index in [0.717, 1.165) is 16.9 Å². The smallest absolute Gasteiger partial charge is 0.343 e. The number of carbonyl (C=O) groups excluding carboxylic acids is 1. The van der Waals surface area contributed by atoms with E-state index in [0.29, 0.717) is 43.3 Å². The molecule has 1 atom stereocenters. The maximum absolute atomic E-state index is 12.5. The molecule has 0 saturated heterocycles. The van der Waals surface area contributed by atoms with Crippen molar-refractivity contribution < 1.29 is 28.8 Å². The lowest BCUT2D eigenvalue weighted by molar-refractivity contribution is -0.0663. The summed E-state index contributed by atoms with van der Waals surface area (Å²) >= 11 is 0. The Morgan fingerprint density at radius 3 is 1.94 bits per heavy atom. The minimum Gasteiger partial charge on any atom is -0.494 e. The lowest BCUT2D eigenvalue weighted by atomic mass is 10.1. The molecule has 0 bridgehead atoms. The first kappa shape index (κ1) is 24.8. The van der Waals surface area contributed by atoms with Gasteiger partial charge in [-0.1, -0.05) is 43.5 Å². The van der Waals surface area contributed by atoms with Gasteiger partial charge in [0.05, 0.1) is 18.8 Å². The molecule has 3 rings (SSSR count). The van der Waals surface area contributed by atoms with Crippen molar-refractivity contribution in [3.63, 3.8) is 0 Å². The van der Waals surface area contributed by atoms with E-state index in [1.54, 1.807) is 42.5 Å². The fourth-order valence-corrected chi connectivity index (χ4v) is 2.99. The molecule has 0 aliphatic heterocycles. The van der Waals surface area contributed by atoms with E-state index in [1.165, 1.54) is 6.08 Å². The first-order valence-corrected chi connectivity index (χ1v) is 10.9. The predicted molar refractivity (Wildman–Crippen MR) is 131 cm³/mol. The zero-order chi connectivity index (χ0) is 24.2. The molecule has 0 amide bonds. The van der Waals surface area contributed by atoms with Crippen LogP contribution in [0.15, 0.2) is 98.1 Å². The molecular weight excluding hydrogens is 432 g/mol. The number of hydrogen-bond donors (Lipinski definition) is 1. The molecule has 6 heteroatoms. The summed E-state index contributed by atoms with van der Waals surface area (Å²) in [5.41, 5.74) is 2.45. The van der Waals surface area contributed by atoms with Crippen molar-refractivity contribution in [2.24, 2.45) is 0 Å². The van der Waals surface area contributed by atoms with Crippen molar-refractivity contribution in [3.8, 4) is 28.4 Å². The molecule has 0 aliphatic rings. The van der Waals surface area contributed by atoms with Crippen LogP contribution in [0.4, 0.5) is 0 Å². The van der Waals surface area contributed by atoms with Gasteiger partial charge in [-0.2, -0.15) is 0 Å². The number of ether oxygens (including phenoxy) is 4. The molecule has 6 nitrogen and oxygen atoms in total. The highest BCUT2D eigenvalue weighted by Gasteiger charge is 2.09. The molecule has 1 N–H and O–H groups in total. The Hall–Kier alpha value is -3.87. The van der Waals surface area contributed by atoms with Gasteiger partial charge in [0.15, 0.2) is 6.29 Å². The van der Waals surface area contributed by atoms with Crippen LogP contribution in [0.25, 0.3) is 11.1 Å². The van der Waals surface area contributed by atoms with E-state index in [-0.39, 0.29) is 0 Å². The molecule has 0 heterocycles. The number of aliphatic hydroxyl groups is 1. The van der Waals surface area contributed by atoms with Crippen LogP contribution in [-0.2, 0) is 4.74 Å². The number of aliphatic hydroxyl groups excluding tert-OH is 1. The minimum atomic E-state index is -0.962. The Balaban J connectivity index is 1.48. The molecule has 0 fully saturated rings. The van der Waals surface area contributed by atoms with Crippen LogP contribution in [0.2, 0.25) is 0 Å². The van der Waals surface area contributed by atoms with Crippen molar-refractivity contribution in [2.45, 2.75) is 12.7 Å². The normalized spacial score (nSPS) is 11.3. The van der Waals surface area contributed by atoms with E-state index in [9.17, 15) is 9.90 Å². The van der Waals surface area contributed by atoms with Gasteiger partial charge in [-0.05, 0) is 65.7 Å². The Labute approximate surface area is 199 Å². The summed E-state index contributed by atoms with van der Waals surface area (Å²) in [7, 11) is 0. The van der Waals surface area contributed by atoms with Gasteiger partial charge in [-0.25, -0.2) is 4.79 Å². The van der Waals surface area contributed by atoms with Crippen molar-refractivity contribution in [2.75, 3.05) is 19.8 Å². The summed E-state index contributed by atoms with van der Waals surface area (Å²) in [4.78, 5) is 12.5.